The summed E-state index contributed by atoms with van der Waals surface area (Å²) in [5, 5.41) is 0.694. The van der Waals surface area contributed by atoms with Crippen molar-refractivity contribution in [3.63, 3.8) is 0 Å². The summed E-state index contributed by atoms with van der Waals surface area (Å²) in [7, 11) is 0. The Hall–Kier alpha value is -2.49. The van der Waals surface area contributed by atoms with Crippen LogP contribution < -0.4 is 5.56 Å². The third kappa shape index (κ3) is 2.77. The maximum absolute atomic E-state index is 12.7. The van der Waals surface area contributed by atoms with Gasteiger partial charge in [-0.3, -0.25) is 14.3 Å². The predicted molar refractivity (Wildman–Crippen MR) is 88.0 cm³/mol. The highest BCUT2D eigenvalue weighted by Gasteiger charge is 2.11. The first kappa shape index (κ1) is 14.4. The Morgan fingerprint density at radius 1 is 1.23 bits per heavy atom. The summed E-state index contributed by atoms with van der Waals surface area (Å²) in [6.07, 6.45) is 6.91. The van der Waals surface area contributed by atoms with Crippen LogP contribution >= 0.6 is 0 Å². The highest BCUT2D eigenvalue weighted by molar-refractivity contribution is 5.78. The predicted octanol–water partition coefficient (Wildman–Crippen LogP) is 3.16. The molecule has 1 aromatic carbocycles. The molecule has 0 saturated heterocycles. The number of hydrogen-bond donors (Lipinski definition) is 0. The van der Waals surface area contributed by atoms with Crippen LogP contribution in [0.4, 0.5) is 0 Å². The van der Waals surface area contributed by atoms with Gasteiger partial charge < -0.3 is 0 Å². The number of pyridine rings is 1. The molecule has 0 amide bonds. The zero-order chi connectivity index (χ0) is 15.5. The molecule has 0 bridgehead atoms. The average molecular weight is 293 g/mol. The molecule has 0 fully saturated rings. The van der Waals surface area contributed by atoms with Crippen molar-refractivity contribution < 1.29 is 0 Å². The summed E-state index contributed by atoms with van der Waals surface area (Å²) in [6.45, 7) is 4.12. The van der Waals surface area contributed by atoms with Crippen LogP contribution in [-0.4, -0.2) is 14.5 Å². The van der Waals surface area contributed by atoms with Crippen molar-refractivity contribution in [2.45, 2.75) is 32.7 Å². The molecule has 3 rings (SSSR count). The van der Waals surface area contributed by atoms with Crippen LogP contribution in [0.15, 0.2) is 53.8 Å². The number of aryl methyl sites for hydroxylation is 1. The Kier molecular flexibility index (Phi) is 4.00. The summed E-state index contributed by atoms with van der Waals surface area (Å²) in [5.41, 5.74) is 3.05. The second kappa shape index (κ2) is 6.10. The normalized spacial score (nSPS) is 12.5. The average Bonchev–Trinajstić information content (AvgIpc) is 2.56. The molecule has 0 aliphatic carbocycles. The van der Waals surface area contributed by atoms with Gasteiger partial charge in [-0.2, -0.15) is 0 Å². The van der Waals surface area contributed by atoms with Crippen LogP contribution in [0.25, 0.3) is 10.9 Å². The molecule has 0 N–H and O–H groups in total. The van der Waals surface area contributed by atoms with Crippen molar-refractivity contribution in [3.8, 4) is 0 Å². The maximum Gasteiger partial charge on any atom is 0.261 e. The van der Waals surface area contributed by atoms with Crippen molar-refractivity contribution in [1.82, 2.24) is 14.5 Å². The van der Waals surface area contributed by atoms with Gasteiger partial charge in [-0.05, 0) is 49.1 Å². The van der Waals surface area contributed by atoms with Gasteiger partial charge in [0.1, 0.15) is 0 Å². The standard InChI is InChI=1S/C18H19N3O/c1-3-14-6-7-17-16(10-14)18(22)21(12-20-17)13(2)9-15-5-4-8-19-11-15/h4-8,10-13H,3,9H2,1-2H3/t13-/m0/s1. The van der Waals surface area contributed by atoms with Crippen LogP contribution in [0, 0.1) is 0 Å². The molecule has 0 radical (unpaired) electrons. The van der Waals surface area contributed by atoms with Gasteiger partial charge in [0.2, 0.25) is 0 Å². The van der Waals surface area contributed by atoms with E-state index in [2.05, 4.69) is 16.9 Å². The van der Waals surface area contributed by atoms with Gasteiger partial charge >= 0.3 is 0 Å². The van der Waals surface area contributed by atoms with E-state index in [0.717, 1.165) is 29.5 Å². The molecule has 0 unspecified atom stereocenters. The molecule has 2 aromatic heterocycles. The van der Waals surface area contributed by atoms with Gasteiger partial charge in [0.15, 0.2) is 0 Å². The fraction of sp³-hybridized carbons (Fsp3) is 0.278. The first-order valence-electron chi connectivity index (χ1n) is 7.57. The first-order valence-corrected chi connectivity index (χ1v) is 7.57. The zero-order valence-corrected chi connectivity index (χ0v) is 12.9. The number of benzene rings is 1. The fourth-order valence-corrected chi connectivity index (χ4v) is 2.68. The van der Waals surface area contributed by atoms with E-state index in [0.29, 0.717) is 5.39 Å². The quantitative estimate of drug-likeness (QED) is 0.742. The largest absolute Gasteiger partial charge is 0.296 e. The van der Waals surface area contributed by atoms with Crippen molar-refractivity contribution in [1.29, 1.82) is 0 Å². The molecule has 0 aliphatic heterocycles. The molecule has 0 saturated carbocycles. The molecule has 22 heavy (non-hydrogen) atoms. The van der Waals surface area contributed by atoms with E-state index < -0.39 is 0 Å². The lowest BCUT2D eigenvalue weighted by molar-refractivity contribution is 0.522. The number of nitrogens with zero attached hydrogens (tertiary/aromatic N) is 3. The number of aromatic nitrogens is 3. The summed E-state index contributed by atoms with van der Waals surface area (Å²) < 4.78 is 1.72. The van der Waals surface area contributed by atoms with E-state index >= 15 is 0 Å². The number of hydrogen-bond acceptors (Lipinski definition) is 3. The summed E-state index contributed by atoms with van der Waals surface area (Å²) in [5.74, 6) is 0. The lowest BCUT2D eigenvalue weighted by atomic mass is 10.1. The molecular weight excluding hydrogens is 274 g/mol. The van der Waals surface area contributed by atoms with Crippen LogP contribution in [0.1, 0.15) is 31.0 Å². The fourth-order valence-electron chi connectivity index (χ4n) is 2.68. The molecule has 112 valence electrons. The van der Waals surface area contributed by atoms with Gasteiger partial charge in [-0.25, -0.2) is 4.98 Å². The second-order valence-electron chi connectivity index (χ2n) is 5.58. The first-order chi connectivity index (χ1) is 10.7. The molecule has 0 aliphatic rings. The second-order valence-corrected chi connectivity index (χ2v) is 5.58. The molecule has 4 nitrogen and oxygen atoms in total. The van der Waals surface area contributed by atoms with Gasteiger partial charge in [0.05, 0.1) is 17.2 Å². The lowest BCUT2D eigenvalue weighted by Gasteiger charge is -2.15. The van der Waals surface area contributed by atoms with E-state index in [1.54, 1.807) is 17.1 Å². The van der Waals surface area contributed by atoms with E-state index in [1.165, 1.54) is 0 Å². The minimum absolute atomic E-state index is 0.0247. The van der Waals surface area contributed by atoms with Crippen molar-refractivity contribution in [2.75, 3.05) is 0 Å². The van der Waals surface area contributed by atoms with Crippen LogP contribution in [0.2, 0.25) is 0 Å². The molecule has 4 heteroatoms. The van der Waals surface area contributed by atoms with Crippen LogP contribution in [-0.2, 0) is 12.8 Å². The highest BCUT2D eigenvalue weighted by Crippen LogP contribution is 2.14. The SMILES string of the molecule is CCc1ccc2ncn([C@@H](C)Cc3cccnc3)c(=O)c2c1. The minimum Gasteiger partial charge on any atom is -0.296 e. The lowest BCUT2D eigenvalue weighted by Crippen LogP contribution is -2.25. The van der Waals surface area contributed by atoms with Crippen molar-refractivity contribution >= 4 is 10.9 Å². The maximum atomic E-state index is 12.7. The van der Waals surface area contributed by atoms with Crippen LogP contribution in [0.5, 0.6) is 0 Å². The van der Waals surface area contributed by atoms with E-state index in [4.69, 9.17) is 0 Å². The Morgan fingerprint density at radius 3 is 2.82 bits per heavy atom. The highest BCUT2D eigenvalue weighted by atomic mass is 16.1. The Labute approximate surface area is 129 Å². The number of rotatable bonds is 4. The van der Waals surface area contributed by atoms with Gasteiger partial charge in [0, 0.05) is 18.4 Å². The minimum atomic E-state index is 0.0247. The van der Waals surface area contributed by atoms with Crippen molar-refractivity contribution in [2.24, 2.45) is 0 Å². The smallest absolute Gasteiger partial charge is 0.261 e. The Bertz CT molecular complexity index is 840. The van der Waals surface area contributed by atoms with Gasteiger partial charge in [0.25, 0.3) is 5.56 Å². The van der Waals surface area contributed by atoms with E-state index in [9.17, 15) is 4.79 Å². The van der Waals surface area contributed by atoms with Gasteiger partial charge in [-0.1, -0.05) is 19.1 Å². The zero-order valence-electron chi connectivity index (χ0n) is 12.9. The molecular formula is C18H19N3O. The third-order valence-electron chi connectivity index (χ3n) is 3.98. The Morgan fingerprint density at radius 2 is 2.09 bits per heavy atom. The molecule has 2 heterocycles. The molecule has 0 spiro atoms. The van der Waals surface area contributed by atoms with E-state index in [-0.39, 0.29) is 11.6 Å². The molecule has 3 aromatic rings. The summed E-state index contributed by atoms with van der Waals surface area (Å²) in [4.78, 5) is 21.3. The number of fused-ring (bicyclic) bond motifs is 1. The van der Waals surface area contributed by atoms with E-state index in [1.807, 2.05) is 43.5 Å². The topological polar surface area (TPSA) is 47.8 Å². The Balaban J connectivity index is 2.00. The molecule has 1 atom stereocenters. The van der Waals surface area contributed by atoms with Crippen LogP contribution in [0.3, 0.4) is 0 Å². The summed E-state index contributed by atoms with van der Waals surface area (Å²) in [6, 6.07) is 9.88. The van der Waals surface area contributed by atoms with Gasteiger partial charge in [-0.15, -0.1) is 0 Å². The summed E-state index contributed by atoms with van der Waals surface area (Å²) >= 11 is 0. The monoisotopic (exact) mass is 293 g/mol. The third-order valence-corrected chi connectivity index (χ3v) is 3.98. The van der Waals surface area contributed by atoms with Crippen molar-refractivity contribution in [3.05, 3.63) is 70.5 Å².